The number of morpholine rings is 1. The van der Waals surface area contributed by atoms with Gasteiger partial charge in [-0.05, 0) is 31.2 Å². The SMILES string of the molecule is COC(=O)c1c(NC(=O)C[NH+](C)CC(=O)N2CCOCC2)sc2c1CCCC2. The van der Waals surface area contributed by atoms with E-state index in [1.807, 2.05) is 7.05 Å². The quantitative estimate of drug-likeness (QED) is 0.630. The Kier molecular flexibility index (Phi) is 7.03. The van der Waals surface area contributed by atoms with Crippen LogP contribution in [0.4, 0.5) is 5.00 Å². The molecule has 1 unspecified atom stereocenters. The number of thiophene rings is 1. The lowest BCUT2D eigenvalue weighted by atomic mass is 9.95. The number of carbonyl (C=O) groups excluding carboxylic acids is 3. The second kappa shape index (κ2) is 9.49. The van der Waals surface area contributed by atoms with Gasteiger partial charge in [-0.25, -0.2) is 4.79 Å². The van der Waals surface area contributed by atoms with Gasteiger partial charge in [0.15, 0.2) is 13.1 Å². The minimum Gasteiger partial charge on any atom is -0.465 e. The van der Waals surface area contributed by atoms with Crippen molar-refractivity contribution >= 4 is 34.1 Å². The van der Waals surface area contributed by atoms with Crippen molar-refractivity contribution in [2.75, 3.05) is 58.9 Å². The Bertz CT molecular complexity index is 742. The summed E-state index contributed by atoms with van der Waals surface area (Å²) in [4.78, 5) is 40.8. The lowest BCUT2D eigenvalue weighted by Gasteiger charge is -2.27. The Labute approximate surface area is 168 Å². The van der Waals surface area contributed by atoms with Crippen molar-refractivity contribution in [1.29, 1.82) is 0 Å². The first-order valence-corrected chi connectivity index (χ1v) is 10.5. The van der Waals surface area contributed by atoms with E-state index in [1.165, 1.54) is 18.4 Å². The number of esters is 1. The van der Waals surface area contributed by atoms with Gasteiger partial charge in [0.25, 0.3) is 11.8 Å². The predicted molar refractivity (Wildman–Crippen MR) is 105 cm³/mol. The second-order valence-electron chi connectivity index (χ2n) is 7.26. The summed E-state index contributed by atoms with van der Waals surface area (Å²) in [5, 5.41) is 3.45. The Morgan fingerprint density at radius 3 is 2.61 bits per heavy atom. The summed E-state index contributed by atoms with van der Waals surface area (Å²) < 4.78 is 10.2. The first-order valence-electron chi connectivity index (χ1n) is 9.69. The van der Waals surface area contributed by atoms with E-state index < -0.39 is 5.97 Å². The Morgan fingerprint density at radius 1 is 1.18 bits per heavy atom. The zero-order valence-electron chi connectivity index (χ0n) is 16.5. The van der Waals surface area contributed by atoms with Crippen LogP contribution in [0.25, 0.3) is 0 Å². The highest BCUT2D eigenvalue weighted by atomic mass is 32.1. The monoisotopic (exact) mass is 410 g/mol. The number of amides is 2. The van der Waals surface area contributed by atoms with Gasteiger partial charge >= 0.3 is 5.97 Å². The maximum atomic E-state index is 12.5. The molecular formula is C19H28N3O5S+. The maximum absolute atomic E-state index is 12.5. The van der Waals surface area contributed by atoms with Crippen LogP contribution < -0.4 is 10.2 Å². The summed E-state index contributed by atoms with van der Waals surface area (Å²) in [6.45, 7) is 2.72. The fraction of sp³-hybridized carbons (Fsp3) is 0.632. The molecule has 1 fully saturated rings. The molecule has 0 spiro atoms. The van der Waals surface area contributed by atoms with Crippen LogP contribution in [0.1, 0.15) is 33.6 Å². The van der Waals surface area contributed by atoms with Crippen molar-refractivity contribution in [1.82, 2.24) is 4.90 Å². The average molecular weight is 411 g/mol. The Balaban J connectivity index is 1.60. The number of quaternary nitrogens is 1. The number of carbonyl (C=O) groups is 3. The molecule has 154 valence electrons. The fourth-order valence-electron chi connectivity index (χ4n) is 3.66. The number of fused-ring (bicyclic) bond motifs is 1. The zero-order valence-corrected chi connectivity index (χ0v) is 17.3. The summed E-state index contributed by atoms with van der Waals surface area (Å²) in [5.41, 5.74) is 1.51. The van der Waals surface area contributed by atoms with Crippen molar-refractivity contribution in [3.8, 4) is 0 Å². The summed E-state index contributed by atoms with van der Waals surface area (Å²) >= 11 is 1.47. The molecule has 2 amide bonds. The molecule has 1 aromatic rings. The molecule has 0 bridgehead atoms. The van der Waals surface area contributed by atoms with Crippen LogP contribution in [0, 0.1) is 0 Å². The summed E-state index contributed by atoms with van der Waals surface area (Å²) in [6.07, 6.45) is 3.90. The molecule has 28 heavy (non-hydrogen) atoms. The standard InChI is InChI=1S/C19H27N3O5S/c1-21(12-16(24)22-7-9-27-10-8-22)11-15(23)20-18-17(19(25)26-2)13-5-3-4-6-14(13)28-18/h3-12H2,1-2H3,(H,20,23)/p+1. The summed E-state index contributed by atoms with van der Waals surface area (Å²) in [5.74, 6) is -0.593. The van der Waals surface area contributed by atoms with E-state index in [0.717, 1.165) is 41.0 Å². The van der Waals surface area contributed by atoms with E-state index in [-0.39, 0.29) is 24.9 Å². The fourth-order valence-corrected chi connectivity index (χ4v) is 4.96. The number of ether oxygens (including phenoxy) is 2. The molecule has 1 aliphatic heterocycles. The van der Waals surface area contributed by atoms with Gasteiger partial charge in [0.1, 0.15) is 5.00 Å². The van der Waals surface area contributed by atoms with Crippen molar-refractivity contribution in [3.63, 3.8) is 0 Å². The van der Waals surface area contributed by atoms with Crippen LogP contribution in [-0.2, 0) is 31.9 Å². The predicted octanol–water partition coefficient (Wildman–Crippen LogP) is -0.274. The third kappa shape index (κ3) is 4.89. The van der Waals surface area contributed by atoms with E-state index in [2.05, 4.69) is 5.32 Å². The molecular weight excluding hydrogens is 382 g/mol. The number of methoxy groups -OCH3 is 1. The number of likely N-dealkylation sites (N-methyl/N-ethyl adjacent to an activating group) is 1. The molecule has 0 saturated carbocycles. The molecule has 3 rings (SSSR count). The van der Waals surface area contributed by atoms with Crippen molar-refractivity contribution in [2.24, 2.45) is 0 Å². The molecule has 1 aromatic heterocycles. The van der Waals surface area contributed by atoms with Crippen molar-refractivity contribution in [2.45, 2.75) is 25.7 Å². The number of nitrogens with one attached hydrogen (secondary N) is 2. The lowest BCUT2D eigenvalue weighted by Crippen LogP contribution is -3.11. The zero-order chi connectivity index (χ0) is 20.1. The lowest BCUT2D eigenvalue weighted by molar-refractivity contribution is -0.862. The molecule has 9 heteroatoms. The van der Waals surface area contributed by atoms with E-state index in [9.17, 15) is 14.4 Å². The second-order valence-corrected chi connectivity index (χ2v) is 8.36. The van der Waals surface area contributed by atoms with Gasteiger partial charge in [0, 0.05) is 18.0 Å². The summed E-state index contributed by atoms with van der Waals surface area (Å²) in [7, 11) is 3.18. The highest BCUT2D eigenvalue weighted by Crippen LogP contribution is 2.38. The van der Waals surface area contributed by atoms with Crippen molar-refractivity contribution in [3.05, 3.63) is 16.0 Å². The van der Waals surface area contributed by atoms with Crippen LogP contribution in [0.3, 0.4) is 0 Å². The van der Waals surface area contributed by atoms with E-state index in [0.29, 0.717) is 36.9 Å². The molecule has 2 N–H and O–H groups in total. The van der Waals surface area contributed by atoms with E-state index >= 15 is 0 Å². The molecule has 1 atom stereocenters. The molecule has 0 aromatic carbocycles. The maximum Gasteiger partial charge on any atom is 0.341 e. The molecule has 0 radical (unpaired) electrons. The number of rotatable bonds is 6. The number of nitrogens with zero attached hydrogens (tertiary/aromatic N) is 1. The number of hydrogen-bond donors (Lipinski definition) is 2. The number of hydrogen-bond acceptors (Lipinski definition) is 6. The minimum atomic E-state index is -0.405. The minimum absolute atomic E-state index is 0.0236. The van der Waals surface area contributed by atoms with Gasteiger partial charge in [-0.2, -0.15) is 0 Å². The average Bonchev–Trinajstić information content (AvgIpc) is 3.05. The van der Waals surface area contributed by atoms with Crippen LogP contribution in [0.5, 0.6) is 0 Å². The largest absolute Gasteiger partial charge is 0.465 e. The molecule has 1 saturated heterocycles. The van der Waals surface area contributed by atoms with Crippen LogP contribution in [-0.4, -0.2) is 76.2 Å². The highest BCUT2D eigenvalue weighted by Gasteiger charge is 2.28. The third-order valence-electron chi connectivity index (χ3n) is 5.09. The molecule has 1 aliphatic carbocycles. The van der Waals surface area contributed by atoms with Crippen molar-refractivity contribution < 1.29 is 28.8 Å². The van der Waals surface area contributed by atoms with Crippen LogP contribution in [0.15, 0.2) is 0 Å². The van der Waals surface area contributed by atoms with Crippen LogP contribution >= 0.6 is 11.3 Å². The first-order chi connectivity index (χ1) is 13.5. The number of anilines is 1. The first kappa shape index (κ1) is 20.8. The Morgan fingerprint density at radius 2 is 1.89 bits per heavy atom. The van der Waals surface area contributed by atoms with Gasteiger partial charge in [-0.1, -0.05) is 0 Å². The van der Waals surface area contributed by atoms with Gasteiger partial charge in [0.2, 0.25) is 0 Å². The molecule has 2 aliphatic rings. The smallest absolute Gasteiger partial charge is 0.341 e. The van der Waals surface area contributed by atoms with E-state index in [1.54, 1.807) is 4.90 Å². The normalized spacial score (nSPS) is 17.6. The van der Waals surface area contributed by atoms with E-state index in [4.69, 9.17) is 9.47 Å². The van der Waals surface area contributed by atoms with Gasteiger partial charge < -0.3 is 24.6 Å². The Hall–Kier alpha value is -1.97. The topological polar surface area (TPSA) is 89.4 Å². The molecule has 2 heterocycles. The highest BCUT2D eigenvalue weighted by molar-refractivity contribution is 7.17. The number of aryl methyl sites for hydroxylation is 1. The third-order valence-corrected chi connectivity index (χ3v) is 6.30. The van der Waals surface area contributed by atoms with Gasteiger partial charge in [0.05, 0.1) is 32.9 Å². The van der Waals surface area contributed by atoms with Crippen LogP contribution in [0.2, 0.25) is 0 Å². The van der Waals surface area contributed by atoms with Gasteiger partial charge in [-0.15, -0.1) is 11.3 Å². The summed E-state index contributed by atoms with van der Waals surface area (Å²) in [6, 6.07) is 0. The molecule has 8 nitrogen and oxygen atoms in total. The van der Waals surface area contributed by atoms with Gasteiger partial charge in [-0.3, -0.25) is 9.59 Å².